The fraction of sp³-hybridized carbons (Fsp3) is 1.00. The highest BCUT2D eigenvalue weighted by Gasteiger charge is 2.24. The lowest BCUT2D eigenvalue weighted by molar-refractivity contribution is -0.0215. The quantitative estimate of drug-likeness (QED) is 0.665. The summed E-state index contributed by atoms with van der Waals surface area (Å²) in [5.41, 5.74) is 0. The Kier molecular flexibility index (Phi) is 6.80. The van der Waals surface area contributed by atoms with E-state index in [2.05, 4.69) is 38.4 Å². The molecule has 18 heavy (non-hydrogen) atoms. The molecule has 0 bridgehead atoms. The maximum Gasteiger partial charge on any atom is 0.184 e. The third kappa shape index (κ3) is 7.48. The van der Waals surface area contributed by atoms with Crippen molar-refractivity contribution < 1.29 is 13.9 Å². The smallest absolute Gasteiger partial charge is 0.184 e. The van der Waals surface area contributed by atoms with E-state index in [-0.39, 0.29) is 12.2 Å². The summed E-state index contributed by atoms with van der Waals surface area (Å²) >= 11 is 0. The second-order valence-corrected chi connectivity index (χ2v) is 10.6. The average Bonchev–Trinajstić information content (AvgIpc) is 2.25. The van der Waals surface area contributed by atoms with E-state index < -0.39 is 8.32 Å². The van der Waals surface area contributed by atoms with Gasteiger partial charge in [-0.25, -0.2) is 0 Å². The van der Waals surface area contributed by atoms with Crippen LogP contribution < -0.4 is 0 Å². The molecule has 1 aliphatic heterocycles. The first kappa shape index (κ1) is 16.1. The molecule has 1 atom stereocenters. The van der Waals surface area contributed by atoms with Crippen molar-refractivity contribution in [2.45, 2.75) is 45.7 Å². The predicted octanol–water partition coefficient (Wildman–Crippen LogP) is 1.96. The number of morpholine rings is 1. The molecule has 0 radical (unpaired) electrons. The highest BCUT2D eigenvalue weighted by Crippen LogP contribution is 2.11. The van der Waals surface area contributed by atoms with Crippen molar-refractivity contribution in [3.63, 3.8) is 0 Å². The van der Waals surface area contributed by atoms with Crippen molar-refractivity contribution >= 4 is 8.32 Å². The molecular formula is C13H29NO3Si. The van der Waals surface area contributed by atoms with Crippen molar-refractivity contribution in [2.24, 2.45) is 0 Å². The molecule has 5 heteroatoms. The zero-order chi connectivity index (χ0) is 13.6. The van der Waals surface area contributed by atoms with Crippen LogP contribution in [0.4, 0.5) is 0 Å². The van der Waals surface area contributed by atoms with Crippen molar-refractivity contribution in [1.82, 2.24) is 4.90 Å². The first-order valence-electron chi connectivity index (χ1n) is 6.96. The molecule has 0 aromatic rings. The van der Waals surface area contributed by atoms with Crippen molar-refractivity contribution in [3.05, 3.63) is 0 Å². The normalized spacial score (nSPS) is 20.3. The fourth-order valence-electron chi connectivity index (χ4n) is 2.00. The van der Waals surface area contributed by atoms with E-state index in [0.717, 1.165) is 32.8 Å². The zero-order valence-electron chi connectivity index (χ0n) is 12.6. The Morgan fingerprint density at radius 1 is 1.17 bits per heavy atom. The first-order chi connectivity index (χ1) is 8.37. The maximum absolute atomic E-state index is 6.22. The topological polar surface area (TPSA) is 30.9 Å². The molecule has 0 N–H and O–H groups in total. The Morgan fingerprint density at radius 3 is 2.28 bits per heavy atom. The summed E-state index contributed by atoms with van der Waals surface area (Å²) in [4.78, 5) is 2.41. The van der Waals surface area contributed by atoms with Crippen LogP contribution in [0.3, 0.4) is 0 Å². The molecule has 1 heterocycles. The van der Waals surface area contributed by atoms with Gasteiger partial charge in [0.2, 0.25) is 0 Å². The first-order valence-corrected chi connectivity index (χ1v) is 10.4. The highest BCUT2D eigenvalue weighted by atomic mass is 28.4. The third-order valence-electron chi connectivity index (χ3n) is 2.70. The molecule has 1 aliphatic rings. The lowest BCUT2D eigenvalue weighted by atomic mass is 10.3. The largest absolute Gasteiger partial charge is 0.411 e. The lowest BCUT2D eigenvalue weighted by Gasteiger charge is -2.33. The Bertz CT molecular complexity index is 225. The molecule has 0 aromatic heterocycles. The number of hydrogen-bond donors (Lipinski definition) is 0. The van der Waals surface area contributed by atoms with Gasteiger partial charge in [0.05, 0.1) is 32.0 Å². The van der Waals surface area contributed by atoms with Gasteiger partial charge in [0.15, 0.2) is 8.32 Å². The van der Waals surface area contributed by atoms with E-state index in [1.165, 1.54) is 0 Å². The molecule has 0 aromatic carbocycles. The van der Waals surface area contributed by atoms with Crippen LogP contribution in [0.15, 0.2) is 0 Å². The van der Waals surface area contributed by atoms with Crippen LogP contribution in [0.2, 0.25) is 19.6 Å². The molecule has 0 spiro atoms. The number of ether oxygens (including phenoxy) is 2. The predicted molar refractivity (Wildman–Crippen MR) is 76.6 cm³/mol. The molecule has 0 unspecified atom stereocenters. The van der Waals surface area contributed by atoms with E-state index in [4.69, 9.17) is 13.9 Å². The molecule has 0 saturated carbocycles. The van der Waals surface area contributed by atoms with Crippen LogP contribution in [-0.2, 0) is 13.9 Å². The minimum atomic E-state index is -1.51. The van der Waals surface area contributed by atoms with Crippen molar-refractivity contribution in [1.29, 1.82) is 0 Å². The van der Waals surface area contributed by atoms with Gasteiger partial charge in [0.25, 0.3) is 0 Å². The van der Waals surface area contributed by atoms with Crippen LogP contribution in [0.5, 0.6) is 0 Å². The summed E-state index contributed by atoms with van der Waals surface area (Å²) in [6.45, 7) is 16.2. The Labute approximate surface area is 113 Å². The third-order valence-corrected chi connectivity index (χ3v) is 3.74. The van der Waals surface area contributed by atoms with Gasteiger partial charge in [-0.05, 0) is 33.5 Å². The van der Waals surface area contributed by atoms with E-state index in [0.29, 0.717) is 6.61 Å². The lowest BCUT2D eigenvalue weighted by Crippen LogP contribution is -2.46. The van der Waals surface area contributed by atoms with E-state index >= 15 is 0 Å². The molecule has 1 fully saturated rings. The molecule has 0 aliphatic carbocycles. The van der Waals surface area contributed by atoms with Crippen molar-refractivity contribution in [3.8, 4) is 0 Å². The van der Waals surface area contributed by atoms with Gasteiger partial charge in [0.1, 0.15) is 0 Å². The minimum absolute atomic E-state index is 0.192. The van der Waals surface area contributed by atoms with Crippen LogP contribution in [0.25, 0.3) is 0 Å². The number of rotatable bonds is 7. The molecule has 1 rings (SSSR count). The second kappa shape index (κ2) is 7.60. The summed E-state index contributed by atoms with van der Waals surface area (Å²) in [5, 5.41) is 0. The van der Waals surface area contributed by atoms with Gasteiger partial charge < -0.3 is 13.9 Å². The summed E-state index contributed by atoms with van der Waals surface area (Å²) in [7, 11) is -1.51. The zero-order valence-corrected chi connectivity index (χ0v) is 13.6. The van der Waals surface area contributed by atoms with Crippen LogP contribution in [0, 0.1) is 0 Å². The maximum atomic E-state index is 6.22. The molecule has 108 valence electrons. The molecule has 4 nitrogen and oxygen atoms in total. The van der Waals surface area contributed by atoms with Gasteiger partial charge in [-0.3, -0.25) is 4.90 Å². The monoisotopic (exact) mass is 275 g/mol. The Hall–Kier alpha value is 0.0569. The SMILES string of the molecule is CC(C)OC[C@H](CN1CCOCC1)O[Si](C)(C)C. The average molecular weight is 275 g/mol. The van der Waals surface area contributed by atoms with Crippen LogP contribution in [0.1, 0.15) is 13.8 Å². The second-order valence-electron chi connectivity index (χ2n) is 6.15. The number of nitrogens with zero attached hydrogens (tertiary/aromatic N) is 1. The van der Waals surface area contributed by atoms with Gasteiger partial charge in [0, 0.05) is 19.6 Å². The summed E-state index contributed by atoms with van der Waals surface area (Å²) in [5.74, 6) is 0. The standard InChI is InChI=1S/C13H29NO3Si/c1-12(2)16-11-13(17-18(3,4)5)10-14-6-8-15-9-7-14/h12-13H,6-11H2,1-5H3/t13-/m0/s1. The van der Waals surface area contributed by atoms with Crippen molar-refractivity contribution in [2.75, 3.05) is 39.5 Å². The minimum Gasteiger partial charge on any atom is -0.411 e. The van der Waals surface area contributed by atoms with Crippen LogP contribution >= 0.6 is 0 Å². The molecule has 1 saturated heterocycles. The van der Waals surface area contributed by atoms with Gasteiger partial charge in [-0.15, -0.1) is 0 Å². The van der Waals surface area contributed by atoms with Gasteiger partial charge in [-0.2, -0.15) is 0 Å². The van der Waals surface area contributed by atoms with Gasteiger partial charge in [-0.1, -0.05) is 0 Å². The fourth-order valence-corrected chi connectivity index (χ4v) is 3.14. The Morgan fingerprint density at radius 2 is 1.78 bits per heavy atom. The highest BCUT2D eigenvalue weighted by molar-refractivity contribution is 6.69. The summed E-state index contributed by atoms with van der Waals surface area (Å²) in [6.07, 6.45) is 0.458. The van der Waals surface area contributed by atoms with Gasteiger partial charge >= 0.3 is 0 Å². The summed E-state index contributed by atoms with van der Waals surface area (Å²) in [6, 6.07) is 0. The Balaban J connectivity index is 2.42. The molecular weight excluding hydrogens is 246 g/mol. The van der Waals surface area contributed by atoms with E-state index in [1.54, 1.807) is 0 Å². The van der Waals surface area contributed by atoms with Crippen LogP contribution in [-0.4, -0.2) is 64.9 Å². The molecule has 0 amide bonds. The number of hydrogen-bond acceptors (Lipinski definition) is 4. The van der Waals surface area contributed by atoms with E-state index in [1.807, 2.05) is 0 Å². The summed E-state index contributed by atoms with van der Waals surface area (Å²) < 4.78 is 17.3. The van der Waals surface area contributed by atoms with E-state index in [9.17, 15) is 0 Å².